The minimum atomic E-state index is -2.23. The number of hydrogen-bond acceptors (Lipinski definition) is 2. The van der Waals surface area contributed by atoms with Crippen LogP contribution in [0.1, 0.15) is 30.9 Å². The molecule has 27 heavy (non-hydrogen) atoms. The summed E-state index contributed by atoms with van der Waals surface area (Å²) in [4.78, 5) is 3.64. The second kappa shape index (κ2) is 11.9. The molecule has 8 heteroatoms. The van der Waals surface area contributed by atoms with Crippen molar-refractivity contribution < 1.29 is 48.8 Å². The van der Waals surface area contributed by atoms with Crippen LogP contribution < -0.4 is 0 Å². The van der Waals surface area contributed by atoms with Crippen molar-refractivity contribution in [3.8, 4) is 5.75 Å². The number of hydrogen-bond donors (Lipinski definition) is 1. The predicted molar refractivity (Wildman–Crippen MR) is 94.9 cm³/mol. The molecule has 147 valence electrons. The first-order valence-electron chi connectivity index (χ1n) is 6.63. The normalized spacial score (nSPS) is 9.93. The number of aromatic hydroxyl groups is 1. The van der Waals surface area contributed by atoms with Gasteiger partial charge in [0.1, 0.15) is 11.4 Å². The zero-order valence-electron chi connectivity index (χ0n) is 15.7. The summed E-state index contributed by atoms with van der Waals surface area (Å²) in [6, 6.07) is 4.54. The third-order valence-electron chi connectivity index (χ3n) is 3.24. The first-order valence-corrected chi connectivity index (χ1v) is 6.63. The summed E-state index contributed by atoms with van der Waals surface area (Å²) in [5.41, 5.74) is -0.673. The van der Waals surface area contributed by atoms with Gasteiger partial charge in [0.2, 0.25) is 5.82 Å². The zero-order chi connectivity index (χ0) is 17.3. The van der Waals surface area contributed by atoms with E-state index in [9.17, 15) is 27.1 Å². The number of para-hydroxylation sites is 1. The molecule has 0 heterocycles. The number of aliphatic imine (C=N–C) groups is 1. The largest absolute Gasteiger partial charge is 3.00 e. The summed E-state index contributed by atoms with van der Waals surface area (Å²) in [6.45, 7) is 3.62. The molecule has 2 rings (SSSR count). The molecule has 0 saturated heterocycles. The molecule has 0 aromatic heterocycles. The number of rotatable bonds is 3. The van der Waals surface area contributed by atoms with Crippen molar-refractivity contribution in [1.82, 2.24) is 0 Å². The molecular formula is C19H21F5NOTi. The molecule has 0 saturated carbocycles. The van der Waals surface area contributed by atoms with Gasteiger partial charge in [-0.05, 0) is 17.5 Å². The number of phenolic OH excluding ortho intramolecular Hbond substituents is 1. The SMILES string of the molecule is CC(C)c1cccc(N=Cc2c(F)c(F)c(F)c(F)c2F)c1O.[CH3-].[CH3-].[CH3-].[Ti+3]. The molecule has 0 aliphatic carbocycles. The Kier molecular flexibility index (Phi) is 13.2. The summed E-state index contributed by atoms with van der Waals surface area (Å²) >= 11 is 0. The van der Waals surface area contributed by atoms with Crippen molar-refractivity contribution in [3.05, 3.63) is 80.7 Å². The van der Waals surface area contributed by atoms with Crippen LogP contribution in [-0.4, -0.2) is 11.3 Å². The Hall–Kier alpha value is -1.73. The third-order valence-corrected chi connectivity index (χ3v) is 3.24. The topological polar surface area (TPSA) is 32.6 Å². The van der Waals surface area contributed by atoms with E-state index in [0.29, 0.717) is 11.8 Å². The van der Waals surface area contributed by atoms with E-state index in [1.807, 2.05) is 13.8 Å². The first-order chi connectivity index (χ1) is 10.8. The van der Waals surface area contributed by atoms with Crippen LogP contribution in [0.5, 0.6) is 5.75 Å². The standard InChI is InChI=1S/C16H12F5NO.3CH3.Ti/c1-7(2)8-4-3-5-10(16(8)23)22-6-9-11(17)13(19)15(21)14(20)12(9)18;;;;/h3-7,23H,1-2H3;3*1H3;/q;3*-1;+3. The molecule has 0 aliphatic rings. The van der Waals surface area contributed by atoms with Crippen LogP contribution in [0.25, 0.3) is 0 Å². The van der Waals surface area contributed by atoms with Crippen molar-refractivity contribution in [2.24, 2.45) is 4.99 Å². The van der Waals surface area contributed by atoms with Gasteiger partial charge in [0.15, 0.2) is 23.3 Å². The van der Waals surface area contributed by atoms with Crippen LogP contribution >= 0.6 is 0 Å². The molecule has 0 amide bonds. The second-order valence-electron chi connectivity index (χ2n) is 5.11. The average Bonchev–Trinajstić information content (AvgIpc) is 2.52. The van der Waals surface area contributed by atoms with Gasteiger partial charge < -0.3 is 27.4 Å². The molecule has 1 N–H and O–H groups in total. The van der Waals surface area contributed by atoms with E-state index in [0.717, 1.165) is 0 Å². The van der Waals surface area contributed by atoms with E-state index in [-0.39, 0.29) is 61.4 Å². The molecule has 2 nitrogen and oxygen atoms in total. The molecule has 0 aliphatic heterocycles. The van der Waals surface area contributed by atoms with Crippen LogP contribution in [0.3, 0.4) is 0 Å². The van der Waals surface area contributed by atoms with Crippen LogP contribution in [-0.2, 0) is 21.7 Å². The molecule has 0 unspecified atom stereocenters. The first kappa shape index (κ1) is 30.0. The molecule has 0 spiro atoms. The molecular weight excluding hydrogens is 401 g/mol. The van der Waals surface area contributed by atoms with Gasteiger partial charge in [-0.15, -0.1) is 0 Å². The second-order valence-corrected chi connectivity index (χ2v) is 5.11. The van der Waals surface area contributed by atoms with E-state index < -0.39 is 34.6 Å². The fourth-order valence-corrected chi connectivity index (χ4v) is 1.99. The van der Waals surface area contributed by atoms with Gasteiger partial charge in [0, 0.05) is 6.21 Å². The smallest absolute Gasteiger partial charge is 0.505 e. The summed E-state index contributed by atoms with van der Waals surface area (Å²) in [6.07, 6.45) is 0.495. The Morgan fingerprint density at radius 1 is 0.852 bits per heavy atom. The number of nitrogens with zero attached hydrogens (tertiary/aromatic N) is 1. The predicted octanol–water partition coefficient (Wildman–Crippen LogP) is 6.31. The Balaban J connectivity index is -0.00000144. The maximum atomic E-state index is 13.5. The number of phenols is 1. The van der Waals surface area contributed by atoms with Crippen molar-refractivity contribution in [2.45, 2.75) is 19.8 Å². The van der Waals surface area contributed by atoms with E-state index in [1.54, 1.807) is 12.1 Å². The van der Waals surface area contributed by atoms with Crippen molar-refractivity contribution in [3.63, 3.8) is 0 Å². The van der Waals surface area contributed by atoms with E-state index in [1.165, 1.54) is 6.07 Å². The Bertz CT molecular complexity index is 765. The van der Waals surface area contributed by atoms with Gasteiger partial charge in [-0.3, -0.25) is 4.99 Å². The van der Waals surface area contributed by atoms with Gasteiger partial charge in [-0.2, -0.15) is 0 Å². The maximum absolute atomic E-state index is 13.5. The molecule has 0 fully saturated rings. The van der Waals surface area contributed by atoms with Crippen LogP contribution in [0.15, 0.2) is 23.2 Å². The summed E-state index contributed by atoms with van der Waals surface area (Å²) in [5, 5.41) is 10.0. The monoisotopic (exact) mass is 422 g/mol. The number of halogens is 5. The molecule has 2 aromatic carbocycles. The minimum Gasteiger partial charge on any atom is -0.505 e. The van der Waals surface area contributed by atoms with E-state index in [4.69, 9.17) is 0 Å². The molecule has 0 atom stereocenters. The van der Waals surface area contributed by atoms with Gasteiger partial charge in [-0.25, -0.2) is 22.0 Å². The van der Waals surface area contributed by atoms with Crippen molar-refractivity contribution >= 4 is 11.9 Å². The minimum absolute atomic E-state index is 0. The van der Waals surface area contributed by atoms with Gasteiger partial charge in [0.25, 0.3) is 0 Å². The summed E-state index contributed by atoms with van der Waals surface area (Å²) in [5.74, 6) is -10.6. The third kappa shape index (κ3) is 5.88. The Morgan fingerprint density at radius 3 is 1.74 bits per heavy atom. The van der Waals surface area contributed by atoms with Crippen LogP contribution in [0, 0.1) is 51.4 Å². The quantitative estimate of drug-likeness (QED) is 0.154. The fraction of sp³-hybridized carbons (Fsp3) is 0.158. The Labute approximate surface area is 172 Å². The molecule has 0 bridgehead atoms. The Morgan fingerprint density at radius 2 is 1.30 bits per heavy atom. The van der Waals surface area contributed by atoms with E-state index in [2.05, 4.69) is 4.99 Å². The zero-order valence-corrected chi connectivity index (χ0v) is 17.2. The van der Waals surface area contributed by atoms with Gasteiger partial charge >= 0.3 is 21.7 Å². The number of benzene rings is 2. The van der Waals surface area contributed by atoms with Gasteiger partial charge in [0.05, 0.1) is 5.56 Å². The average molecular weight is 422 g/mol. The summed E-state index contributed by atoms with van der Waals surface area (Å²) in [7, 11) is 0. The molecule has 1 radical (unpaired) electrons. The summed E-state index contributed by atoms with van der Waals surface area (Å²) < 4.78 is 66.2. The van der Waals surface area contributed by atoms with Crippen LogP contribution in [0.4, 0.5) is 27.6 Å². The van der Waals surface area contributed by atoms with Gasteiger partial charge in [-0.1, -0.05) is 26.0 Å². The van der Waals surface area contributed by atoms with Crippen LogP contribution in [0.2, 0.25) is 0 Å². The van der Waals surface area contributed by atoms with Crippen molar-refractivity contribution in [2.75, 3.05) is 0 Å². The maximum Gasteiger partial charge on any atom is 3.00 e. The van der Waals surface area contributed by atoms with E-state index >= 15 is 0 Å². The fourth-order valence-electron chi connectivity index (χ4n) is 1.99. The van der Waals surface area contributed by atoms with Crippen molar-refractivity contribution in [1.29, 1.82) is 0 Å². The molecule has 2 aromatic rings.